The molecule has 0 bridgehead atoms. The molecule has 6 nitrogen and oxygen atoms in total. The van der Waals surface area contributed by atoms with Gasteiger partial charge in [0.25, 0.3) is 0 Å². The van der Waals surface area contributed by atoms with Crippen LogP contribution in [0.2, 0.25) is 10.3 Å². The molecule has 1 aliphatic heterocycles. The summed E-state index contributed by atoms with van der Waals surface area (Å²) in [5.41, 5.74) is 0.00576. The first kappa shape index (κ1) is 16.5. The van der Waals surface area contributed by atoms with E-state index in [4.69, 9.17) is 27.9 Å². The molecule has 25 heavy (non-hydrogen) atoms. The first-order chi connectivity index (χ1) is 11.8. The van der Waals surface area contributed by atoms with Crippen LogP contribution in [0.1, 0.15) is 19.7 Å². The Balaban J connectivity index is 2.10. The maximum absolute atomic E-state index is 14.8. The summed E-state index contributed by atoms with van der Waals surface area (Å²) in [6, 6.07) is 1.26. The number of imidazole rings is 1. The molecule has 0 amide bonds. The lowest BCUT2D eigenvalue weighted by Crippen LogP contribution is -2.25. The first-order valence-electron chi connectivity index (χ1n) is 7.54. The molecule has 2 aromatic heterocycles. The molecule has 4 rings (SSSR count). The second kappa shape index (κ2) is 5.52. The molecule has 130 valence electrons. The molecular formula is C16H13Cl2FN4O2. The summed E-state index contributed by atoms with van der Waals surface area (Å²) < 4.78 is 22.3. The smallest absolute Gasteiger partial charge is 0.222 e. The molecule has 9 heteroatoms. The molecular weight excluding hydrogens is 370 g/mol. The van der Waals surface area contributed by atoms with Crippen LogP contribution in [0.15, 0.2) is 12.3 Å². The minimum Gasteiger partial charge on any atom is -0.489 e. The summed E-state index contributed by atoms with van der Waals surface area (Å²) in [6.45, 7) is 4.00. The zero-order valence-electron chi connectivity index (χ0n) is 13.3. The monoisotopic (exact) mass is 382 g/mol. The maximum atomic E-state index is 14.8. The van der Waals surface area contributed by atoms with Crippen LogP contribution in [-0.4, -0.2) is 31.2 Å². The van der Waals surface area contributed by atoms with Crippen molar-refractivity contribution in [2.24, 2.45) is 0 Å². The van der Waals surface area contributed by atoms with Crippen LogP contribution < -0.4 is 4.74 Å². The van der Waals surface area contributed by atoms with Crippen LogP contribution >= 0.6 is 23.2 Å². The topological polar surface area (TPSA) is 73.1 Å². The van der Waals surface area contributed by atoms with Gasteiger partial charge in [0.2, 0.25) is 5.28 Å². The molecule has 0 spiro atoms. The zero-order valence-corrected chi connectivity index (χ0v) is 14.9. The Bertz CT molecular complexity index is 1010. The Hall–Kier alpha value is -1.96. The van der Waals surface area contributed by atoms with E-state index in [9.17, 15) is 9.50 Å². The molecule has 1 aliphatic rings. The highest BCUT2D eigenvalue weighted by atomic mass is 35.5. The third kappa shape index (κ3) is 2.54. The molecule has 3 aromatic rings. The number of ether oxygens (including phenoxy) is 1. The van der Waals surface area contributed by atoms with E-state index in [1.807, 2.05) is 0 Å². The van der Waals surface area contributed by atoms with Gasteiger partial charge in [-0.05, 0) is 31.5 Å². The van der Waals surface area contributed by atoms with E-state index in [2.05, 4.69) is 15.0 Å². The molecule has 0 fully saturated rings. The number of hydrogen-bond donors (Lipinski definition) is 1. The van der Waals surface area contributed by atoms with Gasteiger partial charge >= 0.3 is 0 Å². The van der Waals surface area contributed by atoms with Crippen LogP contribution in [0.4, 0.5) is 4.39 Å². The van der Waals surface area contributed by atoms with Gasteiger partial charge in [-0.15, -0.1) is 0 Å². The van der Waals surface area contributed by atoms with Crippen molar-refractivity contribution in [3.8, 4) is 17.0 Å². The number of aliphatic hydroxyl groups is 1. The molecule has 0 atom stereocenters. The number of halogens is 3. The number of hydrogen-bond acceptors (Lipinski definition) is 5. The Morgan fingerprint density at radius 1 is 1.32 bits per heavy atom. The Labute approximate surface area is 152 Å². The van der Waals surface area contributed by atoms with Crippen LogP contribution in [0, 0.1) is 5.82 Å². The van der Waals surface area contributed by atoms with Gasteiger partial charge in [0.15, 0.2) is 11.6 Å². The number of benzene rings is 1. The molecule has 3 heterocycles. The highest BCUT2D eigenvalue weighted by molar-refractivity contribution is 6.33. The second-order valence-electron chi connectivity index (χ2n) is 6.26. The molecule has 0 saturated carbocycles. The second-order valence-corrected chi connectivity index (χ2v) is 7.01. The minimum atomic E-state index is -1.23. The van der Waals surface area contributed by atoms with Crippen molar-refractivity contribution < 1.29 is 14.2 Å². The van der Waals surface area contributed by atoms with Gasteiger partial charge in [-0.2, -0.15) is 0 Å². The van der Waals surface area contributed by atoms with Gasteiger partial charge < -0.3 is 14.4 Å². The molecule has 1 aromatic carbocycles. The van der Waals surface area contributed by atoms with E-state index >= 15 is 0 Å². The quantitative estimate of drug-likeness (QED) is 0.685. The highest BCUT2D eigenvalue weighted by Gasteiger charge is 2.31. The molecule has 0 aliphatic carbocycles. The third-order valence-corrected chi connectivity index (χ3v) is 4.46. The van der Waals surface area contributed by atoms with Gasteiger partial charge in [-0.25, -0.2) is 19.3 Å². The summed E-state index contributed by atoms with van der Waals surface area (Å²) in [5.74, 6) is 0.214. The van der Waals surface area contributed by atoms with E-state index in [0.29, 0.717) is 35.8 Å². The van der Waals surface area contributed by atoms with E-state index in [1.54, 1.807) is 18.4 Å². The molecule has 1 N–H and O–H groups in total. The Morgan fingerprint density at radius 3 is 2.80 bits per heavy atom. The fraction of sp³-hybridized carbons (Fsp3) is 0.312. The lowest BCUT2D eigenvalue weighted by Gasteiger charge is -2.24. The van der Waals surface area contributed by atoms with Crippen molar-refractivity contribution in [2.75, 3.05) is 6.61 Å². The maximum Gasteiger partial charge on any atom is 0.222 e. The van der Waals surface area contributed by atoms with Gasteiger partial charge in [0, 0.05) is 5.56 Å². The average molecular weight is 383 g/mol. The standard InChI is InChI=1S/C16H13Cl2FN4O2/c1-16(2,24)14-21-11-9(19)5-7(10-8(17)6-20-15(18)22-10)13-12(11)23(14)3-4-25-13/h5-6,24H,3-4H2,1-2H3. The van der Waals surface area contributed by atoms with Gasteiger partial charge in [-0.1, -0.05) is 11.6 Å². The summed E-state index contributed by atoms with van der Waals surface area (Å²) in [5, 5.41) is 10.6. The van der Waals surface area contributed by atoms with E-state index < -0.39 is 11.4 Å². The van der Waals surface area contributed by atoms with Crippen molar-refractivity contribution in [2.45, 2.75) is 26.0 Å². The summed E-state index contributed by atoms with van der Waals surface area (Å²) in [6.07, 6.45) is 1.35. The zero-order chi connectivity index (χ0) is 17.9. The van der Waals surface area contributed by atoms with Crippen LogP contribution in [0.5, 0.6) is 5.75 Å². The number of rotatable bonds is 2. The normalized spacial score (nSPS) is 14.0. The van der Waals surface area contributed by atoms with Gasteiger partial charge in [0.1, 0.15) is 29.1 Å². The van der Waals surface area contributed by atoms with Gasteiger partial charge in [0.05, 0.1) is 23.5 Å². The predicted octanol–water partition coefficient (Wildman–Crippen LogP) is 3.56. The lowest BCUT2D eigenvalue weighted by atomic mass is 10.1. The molecule has 0 saturated heterocycles. The Morgan fingerprint density at radius 2 is 2.08 bits per heavy atom. The van der Waals surface area contributed by atoms with Crippen molar-refractivity contribution in [3.63, 3.8) is 0 Å². The summed E-state index contributed by atoms with van der Waals surface area (Å²) in [4.78, 5) is 12.2. The molecule has 0 unspecified atom stereocenters. The average Bonchev–Trinajstić information content (AvgIpc) is 2.95. The van der Waals surface area contributed by atoms with E-state index in [0.717, 1.165) is 0 Å². The predicted molar refractivity (Wildman–Crippen MR) is 91.5 cm³/mol. The van der Waals surface area contributed by atoms with Crippen molar-refractivity contribution >= 4 is 34.2 Å². The number of nitrogens with zero attached hydrogens (tertiary/aromatic N) is 4. The minimum absolute atomic E-state index is 0.00592. The van der Waals surface area contributed by atoms with E-state index in [-0.39, 0.29) is 21.5 Å². The SMILES string of the molecule is CC(C)(O)c1nc2c(F)cc(-c3nc(Cl)ncc3Cl)c3c2n1CCO3. The highest BCUT2D eigenvalue weighted by Crippen LogP contribution is 2.43. The summed E-state index contributed by atoms with van der Waals surface area (Å²) >= 11 is 12.0. The van der Waals surface area contributed by atoms with Crippen LogP contribution in [-0.2, 0) is 12.1 Å². The fourth-order valence-electron chi connectivity index (χ4n) is 3.02. The fourth-order valence-corrected chi connectivity index (χ4v) is 3.34. The first-order valence-corrected chi connectivity index (χ1v) is 8.29. The summed E-state index contributed by atoms with van der Waals surface area (Å²) in [7, 11) is 0. The number of aromatic nitrogens is 4. The van der Waals surface area contributed by atoms with Crippen molar-refractivity contribution in [3.05, 3.63) is 34.2 Å². The largest absolute Gasteiger partial charge is 0.489 e. The third-order valence-electron chi connectivity index (χ3n) is 4.00. The lowest BCUT2D eigenvalue weighted by molar-refractivity contribution is 0.0639. The van der Waals surface area contributed by atoms with Gasteiger partial charge in [-0.3, -0.25) is 0 Å². The van der Waals surface area contributed by atoms with E-state index in [1.165, 1.54) is 12.3 Å². The Kier molecular flexibility index (Phi) is 3.64. The molecule has 0 radical (unpaired) electrons. The van der Waals surface area contributed by atoms with Crippen molar-refractivity contribution in [1.82, 2.24) is 19.5 Å². The van der Waals surface area contributed by atoms with Crippen LogP contribution in [0.25, 0.3) is 22.3 Å². The van der Waals surface area contributed by atoms with Crippen LogP contribution in [0.3, 0.4) is 0 Å². The van der Waals surface area contributed by atoms with Crippen molar-refractivity contribution in [1.29, 1.82) is 0 Å².